The van der Waals surface area contributed by atoms with Crippen LogP contribution in [0.15, 0.2) is 65.4 Å². The topological polar surface area (TPSA) is 69.9 Å². The van der Waals surface area contributed by atoms with Crippen LogP contribution in [0.5, 0.6) is 0 Å². The van der Waals surface area contributed by atoms with Gasteiger partial charge in [0.15, 0.2) is 12.2 Å². The van der Waals surface area contributed by atoms with Gasteiger partial charge in [-0.3, -0.25) is 9.21 Å². The van der Waals surface area contributed by atoms with Gasteiger partial charge in [0, 0.05) is 38.3 Å². The Morgan fingerprint density at radius 2 is 1.97 bits per heavy atom. The zero-order chi connectivity index (χ0) is 23.2. The number of halogens is 1. The lowest BCUT2D eigenvalue weighted by Crippen LogP contribution is -2.57. The van der Waals surface area contributed by atoms with Gasteiger partial charge in [0.25, 0.3) is 0 Å². The van der Waals surface area contributed by atoms with Crippen LogP contribution in [0, 0.1) is 5.82 Å². The molecule has 0 saturated carbocycles. The van der Waals surface area contributed by atoms with E-state index in [-0.39, 0.29) is 6.04 Å². The molecular weight excluding hydrogens is 443 g/mol. The molecule has 9 heteroatoms. The van der Waals surface area contributed by atoms with E-state index in [0.29, 0.717) is 38.2 Å². The second kappa shape index (κ2) is 8.23. The molecule has 2 aliphatic rings. The molecule has 0 amide bonds. The summed E-state index contributed by atoms with van der Waals surface area (Å²) in [5.41, 5.74) is 1.60. The number of aromatic nitrogens is 1. The van der Waals surface area contributed by atoms with Crippen LogP contribution in [0.4, 0.5) is 10.1 Å². The molecule has 2 saturated heterocycles. The molecule has 2 fully saturated rings. The van der Waals surface area contributed by atoms with Crippen LogP contribution in [0.25, 0.3) is 11.3 Å². The van der Waals surface area contributed by atoms with Crippen LogP contribution in [-0.2, 0) is 16.8 Å². The number of rotatable bonds is 4. The van der Waals surface area contributed by atoms with E-state index >= 15 is 0 Å². The van der Waals surface area contributed by atoms with Crippen molar-refractivity contribution >= 4 is 15.9 Å². The van der Waals surface area contributed by atoms with Gasteiger partial charge in [-0.25, -0.2) is 9.37 Å². The van der Waals surface area contributed by atoms with Crippen LogP contribution >= 0.6 is 0 Å². The fraction of sp³-hybridized carbons (Fsp3) is 0.375. The van der Waals surface area contributed by atoms with Crippen LogP contribution in [0.1, 0.15) is 25.5 Å². The van der Waals surface area contributed by atoms with Crippen LogP contribution in [0.3, 0.4) is 0 Å². The molecule has 1 aromatic heterocycles. The number of anilines is 1. The van der Waals surface area contributed by atoms with Gasteiger partial charge in [-0.1, -0.05) is 36.4 Å². The van der Waals surface area contributed by atoms with E-state index in [9.17, 15) is 12.8 Å². The predicted molar refractivity (Wildman–Crippen MR) is 124 cm³/mol. The molecule has 0 bridgehead atoms. The largest absolute Gasteiger partial charge is 0.443 e. The highest BCUT2D eigenvalue weighted by Crippen LogP contribution is 2.44. The Kier molecular flexibility index (Phi) is 5.50. The third-order valence-electron chi connectivity index (χ3n) is 6.81. The SMILES string of the molecule is C[C@H]1C[C@]2(CCN1Cc1ncoc1-c1ccccc1)CN(C)S(=O)(=O)N2c1cccc(F)c1. The Morgan fingerprint density at radius 3 is 2.70 bits per heavy atom. The fourth-order valence-electron chi connectivity index (χ4n) is 5.27. The Morgan fingerprint density at radius 1 is 1.18 bits per heavy atom. The highest BCUT2D eigenvalue weighted by atomic mass is 32.2. The molecule has 33 heavy (non-hydrogen) atoms. The van der Waals surface area contributed by atoms with E-state index in [4.69, 9.17) is 4.42 Å². The first-order chi connectivity index (χ1) is 15.8. The summed E-state index contributed by atoms with van der Waals surface area (Å²) in [4.78, 5) is 6.76. The average Bonchev–Trinajstić information content (AvgIpc) is 3.31. The number of piperidine rings is 1. The van der Waals surface area contributed by atoms with Gasteiger partial charge in [-0.15, -0.1) is 0 Å². The minimum absolute atomic E-state index is 0.0943. The van der Waals surface area contributed by atoms with Gasteiger partial charge < -0.3 is 4.42 Å². The van der Waals surface area contributed by atoms with E-state index in [1.807, 2.05) is 30.3 Å². The first kappa shape index (κ1) is 22.1. The molecule has 2 atom stereocenters. The molecule has 0 radical (unpaired) electrons. The molecule has 2 aromatic carbocycles. The molecule has 3 heterocycles. The first-order valence-electron chi connectivity index (χ1n) is 11.0. The second-order valence-corrected chi connectivity index (χ2v) is 10.9. The number of oxazole rings is 1. The maximum absolute atomic E-state index is 14.0. The molecule has 0 aliphatic carbocycles. The molecule has 0 unspecified atom stereocenters. The Labute approximate surface area is 193 Å². The lowest BCUT2D eigenvalue weighted by Gasteiger charge is -2.46. The molecular formula is C24H27FN4O3S. The van der Waals surface area contributed by atoms with Crippen molar-refractivity contribution in [3.05, 3.63) is 72.5 Å². The van der Waals surface area contributed by atoms with Crippen LogP contribution < -0.4 is 4.31 Å². The highest BCUT2D eigenvalue weighted by molar-refractivity contribution is 7.90. The summed E-state index contributed by atoms with van der Waals surface area (Å²) < 4.78 is 48.9. The maximum Gasteiger partial charge on any atom is 0.304 e. The van der Waals surface area contributed by atoms with E-state index in [2.05, 4.69) is 16.8 Å². The normalized spacial score (nSPS) is 25.7. The minimum atomic E-state index is -3.72. The van der Waals surface area contributed by atoms with E-state index in [0.717, 1.165) is 17.0 Å². The van der Waals surface area contributed by atoms with Gasteiger partial charge in [-0.2, -0.15) is 12.7 Å². The number of benzene rings is 2. The van der Waals surface area contributed by atoms with Gasteiger partial charge in [-0.05, 0) is 38.0 Å². The molecule has 1 spiro atoms. The average molecular weight is 471 g/mol. The smallest absolute Gasteiger partial charge is 0.304 e. The molecule has 2 aliphatic heterocycles. The summed E-state index contributed by atoms with van der Waals surface area (Å²) in [5, 5.41) is 0. The first-order valence-corrected chi connectivity index (χ1v) is 12.4. The maximum atomic E-state index is 14.0. The van der Waals surface area contributed by atoms with E-state index < -0.39 is 21.6 Å². The third-order valence-corrected chi connectivity index (χ3v) is 8.78. The van der Waals surface area contributed by atoms with Crippen molar-refractivity contribution in [3.8, 4) is 11.3 Å². The van der Waals surface area contributed by atoms with Gasteiger partial charge in [0.1, 0.15) is 11.5 Å². The van der Waals surface area contributed by atoms with E-state index in [1.54, 1.807) is 19.2 Å². The molecule has 0 N–H and O–H groups in total. The van der Waals surface area contributed by atoms with Gasteiger partial charge >= 0.3 is 10.2 Å². The monoisotopic (exact) mass is 470 g/mol. The predicted octanol–water partition coefficient (Wildman–Crippen LogP) is 3.90. The number of hydrogen-bond donors (Lipinski definition) is 0. The van der Waals surface area contributed by atoms with Crippen LogP contribution in [0.2, 0.25) is 0 Å². The lowest BCUT2D eigenvalue weighted by molar-refractivity contribution is 0.0994. The van der Waals surface area contributed by atoms with E-state index in [1.165, 1.54) is 27.1 Å². The van der Waals surface area contributed by atoms with Gasteiger partial charge in [0.2, 0.25) is 0 Å². The number of nitrogens with zero attached hydrogens (tertiary/aromatic N) is 4. The summed E-state index contributed by atoms with van der Waals surface area (Å²) in [6.45, 7) is 3.79. The van der Waals surface area contributed by atoms with Crippen molar-refractivity contribution in [1.82, 2.24) is 14.2 Å². The van der Waals surface area contributed by atoms with Crippen LogP contribution in [-0.4, -0.2) is 54.3 Å². The van der Waals surface area contributed by atoms with Gasteiger partial charge in [0.05, 0.1) is 11.2 Å². The third kappa shape index (κ3) is 3.84. The summed E-state index contributed by atoms with van der Waals surface area (Å²) in [5.74, 6) is 0.310. The number of likely N-dealkylation sites (N-methyl/N-ethyl adjacent to an activating group) is 1. The minimum Gasteiger partial charge on any atom is -0.443 e. The Bertz CT molecular complexity index is 1250. The Hall–Kier alpha value is -2.75. The summed E-state index contributed by atoms with van der Waals surface area (Å²) >= 11 is 0. The molecule has 3 aromatic rings. The standard InChI is InChI=1S/C24H27FN4O3S/c1-18-14-24(16-27(2)33(30,31)29(24)21-10-6-9-20(25)13-21)11-12-28(18)15-22-23(32-17-26-22)19-7-4-3-5-8-19/h3-10,13,17-18H,11-12,14-16H2,1-2H3/t18-,24+/m0/s1. The Balaban J connectivity index is 1.41. The van der Waals surface area contributed by atoms with Crippen molar-refractivity contribution in [2.75, 3.05) is 24.4 Å². The van der Waals surface area contributed by atoms with Crippen molar-refractivity contribution in [3.63, 3.8) is 0 Å². The number of hydrogen-bond acceptors (Lipinski definition) is 5. The van der Waals surface area contributed by atoms with Crippen molar-refractivity contribution in [2.24, 2.45) is 0 Å². The molecule has 7 nitrogen and oxygen atoms in total. The number of likely N-dealkylation sites (tertiary alicyclic amines) is 1. The summed E-state index contributed by atoms with van der Waals surface area (Å²) in [6, 6.07) is 15.8. The second-order valence-electron chi connectivity index (χ2n) is 9.00. The lowest BCUT2D eigenvalue weighted by atomic mass is 9.82. The summed E-state index contributed by atoms with van der Waals surface area (Å²) in [7, 11) is -2.13. The molecule has 174 valence electrons. The zero-order valence-corrected chi connectivity index (χ0v) is 19.5. The highest BCUT2D eigenvalue weighted by Gasteiger charge is 2.55. The van der Waals surface area contributed by atoms with Crippen molar-refractivity contribution in [2.45, 2.75) is 37.9 Å². The fourth-order valence-corrected chi connectivity index (χ4v) is 7.04. The quantitative estimate of drug-likeness (QED) is 0.579. The molecule has 5 rings (SSSR count). The van der Waals surface area contributed by atoms with Crippen molar-refractivity contribution in [1.29, 1.82) is 0 Å². The van der Waals surface area contributed by atoms with Crippen molar-refractivity contribution < 1.29 is 17.2 Å². The summed E-state index contributed by atoms with van der Waals surface area (Å²) in [6.07, 6.45) is 2.74. The zero-order valence-electron chi connectivity index (χ0n) is 18.7.